The summed E-state index contributed by atoms with van der Waals surface area (Å²) in [6.07, 6.45) is 3.55. The van der Waals surface area contributed by atoms with E-state index in [9.17, 15) is 4.79 Å². The molecule has 0 aliphatic carbocycles. The molecule has 0 bridgehead atoms. The number of piperazine rings is 1. The molecule has 1 aromatic heterocycles. The van der Waals surface area contributed by atoms with Gasteiger partial charge in [0.1, 0.15) is 12.4 Å². The molecular formula is C20H25N3O2. The quantitative estimate of drug-likeness (QED) is 0.930. The van der Waals surface area contributed by atoms with Gasteiger partial charge in [-0.1, -0.05) is 6.07 Å². The van der Waals surface area contributed by atoms with Gasteiger partial charge in [-0.2, -0.15) is 0 Å². The second kappa shape index (κ2) is 7.66. The molecule has 1 atom stereocenters. The van der Waals surface area contributed by atoms with Crippen LogP contribution in [0, 0.1) is 13.8 Å². The highest BCUT2D eigenvalue weighted by molar-refractivity contribution is 5.95. The first-order chi connectivity index (χ1) is 12.1. The number of amides is 1. The van der Waals surface area contributed by atoms with Crippen molar-refractivity contribution in [2.75, 3.05) is 19.6 Å². The number of rotatable bonds is 4. The monoisotopic (exact) mass is 339 g/mol. The van der Waals surface area contributed by atoms with Crippen LogP contribution in [0.15, 0.2) is 36.7 Å². The Balaban J connectivity index is 1.76. The summed E-state index contributed by atoms with van der Waals surface area (Å²) in [6.45, 7) is 8.97. The third-order valence-corrected chi connectivity index (χ3v) is 4.58. The molecule has 0 spiro atoms. The molecule has 3 rings (SSSR count). The Labute approximate surface area is 149 Å². The summed E-state index contributed by atoms with van der Waals surface area (Å²) >= 11 is 0. The number of nitrogens with one attached hydrogen (secondary N) is 1. The third kappa shape index (κ3) is 3.99. The Morgan fingerprint density at radius 1 is 1.36 bits per heavy atom. The summed E-state index contributed by atoms with van der Waals surface area (Å²) in [6, 6.07) is 7.96. The van der Waals surface area contributed by atoms with Crippen LogP contribution in [0.2, 0.25) is 0 Å². The van der Waals surface area contributed by atoms with Crippen molar-refractivity contribution in [1.29, 1.82) is 0 Å². The molecule has 1 unspecified atom stereocenters. The summed E-state index contributed by atoms with van der Waals surface area (Å²) in [4.78, 5) is 18.9. The van der Waals surface area contributed by atoms with Gasteiger partial charge in [0.2, 0.25) is 0 Å². The molecule has 25 heavy (non-hydrogen) atoms. The minimum absolute atomic E-state index is 0.0963. The zero-order valence-corrected chi connectivity index (χ0v) is 15.1. The number of hydrogen-bond acceptors (Lipinski definition) is 4. The normalized spacial score (nSPS) is 17.4. The van der Waals surface area contributed by atoms with Gasteiger partial charge in [0.25, 0.3) is 5.91 Å². The number of ether oxygens (including phenoxy) is 1. The molecule has 5 nitrogen and oxygen atoms in total. The molecule has 1 aliphatic heterocycles. The zero-order chi connectivity index (χ0) is 17.8. The highest BCUT2D eigenvalue weighted by Gasteiger charge is 2.24. The standard InChI is InChI=1S/C20H25N3O2/c1-14-9-18(20(24)23-8-7-22-11-16(23)3)10-15(2)19(14)25-13-17-5-4-6-21-12-17/h4-6,9-10,12,16,22H,7-8,11,13H2,1-3H3. The number of aryl methyl sites for hydroxylation is 2. The van der Waals surface area contributed by atoms with Crippen LogP contribution in [0.3, 0.4) is 0 Å². The van der Waals surface area contributed by atoms with Crippen LogP contribution in [-0.4, -0.2) is 41.5 Å². The smallest absolute Gasteiger partial charge is 0.254 e. The van der Waals surface area contributed by atoms with E-state index >= 15 is 0 Å². The Hall–Kier alpha value is -2.40. The molecule has 5 heteroatoms. The number of hydrogen-bond donors (Lipinski definition) is 1. The van der Waals surface area contributed by atoms with Crippen LogP contribution in [0.5, 0.6) is 5.75 Å². The van der Waals surface area contributed by atoms with Crippen molar-refractivity contribution in [2.45, 2.75) is 33.4 Å². The van der Waals surface area contributed by atoms with Crippen molar-refractivity contribution in [1.82, 2.24) is 15.2 Å². The molecule has 1 saturated heterocycles. The molecule has 0 saturated carbocycles. The minimum Gasteiger partial charge on any atom is -0.488 e. The molecular weight excluding hydrogens is 314 g/mol. The highest BCUT2D eigenvalue weighted by Crippen LogP contribution is 2.26. The Morgan fingerprint density at radius 2 is 2.12 bits per heavy atom. The summed E-state index contributed by atoms with van der Waals surface area (Å²) in [7, 11) is 0. The number of aromatic nitrogens is 1. The fraction of sp³-hybridized carbons (Fsp3) is 0.400. The fourth-order valence-electron chi connectivity index (χ4n) is 3.25. The molecule has 1 amide bonds. The first-order valence-corrected chi connectivity index (χ1v) is 8.71. The topological polar surface area (TPSA) is 54.5 Å². The van der Waals surface area contributed by atoms with Crippen LogP contribution in [0.1, 0.15) is 34.0 Å². The van der Waals surface area contributed by atoms with Gasteiger partial charge in [0.05, 0.1) is 0 Å². The van der Waals surface area contributed by atoms with E-state index in [1.807, 2.05) is 43.0 Å². The molecule has 2 heterocycles. The third-order valence-electron chi connectivity index (χ3n) is 4.58. The average molecular weight is 339 g/mol. The second-order valence-electron chi connectivity index (χ2n) is 6.64. The lowest BCUT2D eigenvalue weighted by Crippen LogP contribution is -2.52. The van der Waals surface area contributed by atoms with Crippen LogP contribution in [0.4, 0.5) is 0 Å². The first kappa shape index (κ1) is 17.4. The number of carbonyl (C=O) groups is 1. The predicted molar refractivity (Wildman–Crippen MR) is 97.9 cm³/mol. The lowest BCUT2D eigenvalue weighted by atomic mass is 10.0. The zero-order valence-electron chi connectivity index (χ0n) is 15.1. The first-order valence-electron chi connectivity index (χ1n) is 8.71. The van der Waals surface area contributed by atoms with Crippen molar-refractivity contribution >= 4 is 5.91 Å². The van der Waals surface area contributed by atoms with Gasteiger partial charge in [0.15, 0.2) is 0 Å². The number of nitrogens with zero attached hydrogens (tertiary/aromatic N) is 2. The van der Waals surface area contributed by atoms with E-state index in [1.54, 1.807) is 12.4 Å². The second-order valence-corrected chi connectivity index (χ2v) is 6.64. The lowest BCUT2D eigenvalue weighted by Gasteiger charge is -2.34. The molecule has 132 valence electrons. The van der Waals surface area contributed by atoms with E-state index in [0.717, 1.165) is 47.6 Å². The van der Waals surface area contributed by atoms with E-state index in [4.69, 9.17) is 4.74 Å². The van der Waals surface area contributed by atoms with Gasteiger partial charge in [-0.05, 0) is 50.1 Å². The molecule has 1 fully saturated rings. The minimum atomic E-state index is 0.0963. The summed E-state index contributed by atoms with van der Waals surface area (Å²) in [5.74, 6) is 0.938. The highest BCUT2D eigenvalue weighted by atomic mass is 16.5. The number of pyridine rings is 1. The maximum atomic E-state index is 12.9. The Bertz CT molecular complexity index is 723. The van der Waals surface area contributed by atoms with Gasteiger partial charge in [-0.25, -0.2) is 0 Å². The molecule has 1 aromatic carbocycles. The average Bonchev–Trinajstić information content (AvgIpc) is 2.61. The van der Waals surface area contributed by atoms with Crippen molar-refractivity contribution in [3.05, 3.63) is 58.9 Å². The van der Waals surface area contributed by atoms with Gasteiger partial charge >= 0.3 is 0 Å². The number of carbonyl (C=O) groups excluding carboxylic acids is 1. The van der Waals surface area contributed by atoms with Crippen molar-refractivity contribution < 1.29 is 9.53 Å². The van der Waals surface area contributed by atoms with Crippen LogP contribution in [-0.2, 0) is 6.61 Å². The van der Waals surface area contributed by atoms with E-state index < -0.39 is 0 Å². The predicted octanol–water partition coefficient (Wildman–Crippen LogP) is 2.71. The molecule has 2 aromatic rings. The van der Waals surface area contributed by atoms with Crippen molar-refractivity contribution in [2.24, 2.45) is 0 Å². The van der Waals surface area contributed by atoms with Crippen molar-refractivity contribution in [3.8, 4) is 5.75 Å². The van der Waals surface area contributed by atoms with E-state index in [0.29, 0.717) is 6.61 Å². The van der Waals surface area contributed by atoms with Crippen molar-refractivity contribution in [3.63, 3.8) is 0 Å². The lowest BCUT2D eigenvalue weighted by molar-refractivity contribution is 0.0655. The van der Waals surface area contributed by atoms with Gasteiger partial charge in [-0.15, -0.1) is 0 Å². The Morgan fingerprint density at radius 3 is 2.76 bits per heavy atom. The maximum Gasteiger partial charge on any atom is 0.254 e. The summed E-state index contributed by atoms with van der Waals surface area (Å²) < 4.78 is 5.98. The SMILES string of the molecule is Cc1cc(C(=O)N2CCNCC2C)cc(C)c1OCc1cccnc1. The summed E-state index contributed by atoms with van der Waals surface area (Å²) in [5.41, 5.74) is 3.72. The molecule has 1 aliphatic rings. The van der Waals surface area contributed by atoms with Gasteiger partial charge in [-0.3, -0.25) is 9.78 Å². The fourth-order valence-corrected chi connectivity index (χ4v) is 3.25. The Kier molecular flexibility index (Phi) is 5.34. The summed E-state index contributed by atoms with van der Waals surface area (Å²) in [5, 5.41) is 3.32. The van der Waals surface area contributed by atoms with E-state index in [1.165, 1.54) is 0 Å². The van der Waals surface area contributed by atoms with Crippen LogP contribution < -0.4 is 10.1 Å². The van der Waals surface area contributed by atoms with Crippen LogP contribution in [0.25, 0.3) is 0 Å². The van der Waals surface area contributed by atoms with E-state index in [2.05, 4.69) is 17.2 Å². The van der Waals surface area contributed by atoms with Crippen LogP contribution >= 0.6 is 0 Å². The molecule has 0 radical (unpaired) electrons. The number of benzene rings is 1. The largest absolute Gasteiger partial charge is 0.488 e. The van der Waals surface area contributed by atoms with Gasteiger partial charge < -0.3 is 15.0 Å². The maximum absolute atomic E-state index is 12.9. The van der Waals surface area contributed by atoms with Gasteiger partial charge in [0, 0.05) is 49.2 Å². The molecule has 1 N–H and O–H groups in total. The van der Waals surface area contributed by atoms with E-state index in [-0.39, 0.29) is 11.9 Å².